The molecule has 17 heavy (non-hydrogen) atoms. The van der Waals surface area contributed by atoms with Gasteiger partial charge in [-0.05, 0) is 19.3 Å². The maximum absolute atomic E-state index is 10.2. The van der Waals surface area contributed by atoms with Gasteiger partial charge in [-0.3, -0.25) is 0 Å². The summed E-state index contributed by atoms with van der Waals surface area (Å²) in [4.78, 5) is 0. The first-order valence-corrected chi connectivity index (χ1v) is 6.50. The van der Waals surface area contributed by atoms with E-state index in [1.165, 1.54) is 6.42 Å². The second kappa shape index (κ2) is 6.50. The molecule has 2 rings (SSSR count). The van der Waals surface area contributed by atoms with Crippen molar-refractivity contribution >= 4 is 0 Å². The molecule has 2 heterocycles. The van der Waals surface area contributed by atoms with E-state index in [1.54, 1.807) is 0 Å². The molecule has 2 aliphatic rings. The van der Waals surface area contributed by atoms with Crippen LogP contribution in [0.3, 0.4) is 0 Å². The van der Waals surface area contributed by atoms with Crippen LogP contribution in [0.2, 0.25) is 0 Å². The molecule has 0 aromatic rings. The topological polar surface area (TPSA) is 47.9 Å². The molecule has 1 N–H and O–H groups in total. The van der Waals surface area contributed by atoms with E-state index in [0.717, 1.165) is 19.4 Å². The lowest BCUT2D eigenvalue weighted by Crippen LogP contribution is -2.34. The Hall–Kier alpha value is -0.420. The van der Waals surface area contributed by atoms with Crippen LogP contribution in [-0.2, 0) is 14.2 Å². The van der Waals surface area contributed by atoms with Crippen molar-refractivity contribution in [1.82, 2.24) is 0 Å². The van der Waals surface area contributed by atoms with Crippen LogP contribution in [0.4, 0.5) is 0 Å². The van der Waals surface area contributed by atoms with Crippen molar-refractivity contribution in [1.29, 1.82) is 0 Å². The van der Waals surface area contributed by atoms with Gasteiger partial charge in [0, 0.05) is 32.7 Å². The molecule has 0 aromatic carbocycles. The van der Waals surface area contributed by atoms with E-state index in [-0.39, 0.29) is 6.29 Å². The summed E-state index contributed by atoms with van der Waals surface area (Å²) in [6.45, 7) is 2.57. The van der Waals surface area contributed by atoms with Crippen molar-refractivity contribution in [3.05, 3.63) is 12.2 Å². The van der Waals surface area contributed by atoms with Crippen molar-refractivity contribution < 1.29 is 19.3 Å². The van der Waals surface area contributed by atoms with Crippen LogP contribution in [0, 0.1) is 0 Å². The van der Waals surface area contributed by atoms with E-state index in [4.69, 9.17) is 14.2 Å². The van der Waals surface area contributed by atoms with Crippen molar-refractivity contribution in [2.24, 2.45) is 0 Å². The van der Waals surface area contributed by atoms with Gasteiger partial charge >= 0.3 is 0 Å². The highest BCUT2D eigenvalue weighted by Crippen LogP contribution is 2.21. The fraction of sp³-hybridized carbons (Fsp3) is 0.846. The molecule has 0 amide bonds. The highest BCUT2D eigenvalue weighted by atomic mass is 16.7. The summed E-state index contributed by atoms with van der Waals surface area (Å²) in [7, 11) is 0. The molecular formula is C13H22O4. The molecule has 2 aliphatic heterocycles. The largest absolute Gasteiger partial charge is 0.386 e. The predicted octanol–water partition coefficient (Wildman–Crippen LogP) is 1.63. The zero-order valence-electron chi connectivity index (χ0n) is 10.3. The van der Waals surface area contributed by atoms with Gasteiger partial charge in [0.25, 0.3) is 0 Å². The van der Waals surface area contributed by atoms with Crippen molar-refractivity contribution in [2.75, 3.05) is 26.4 Å². The van der Waals surface area contributed by atoms with Crippen molar-refractivity contribution in [2.45, 2.75) is 44.0 Å². The van der Waals surface area contributed by atoms with E-state index in [2.05, 4.69) is 0 Å². The van der Waals surface area contributed by atoms with Gasteiger partial charge in [-0.15, -0.1) is 0 Å². The van der Waals surface area contributed by atoms with E-state index in [9.17, 15) is 5.11 Å². The van der Waals surface area contributed by atoms with Crippen LogP contribution < -0.4 is 0 Å². The Morgan fingerprint density at radius 3 is 2.76 bits per heavy atom. The lowest BCUT2D eigenvalue weighted by Gasteiger charge is -2.29. The van der Waals surface area contributed by atoms with Gasteiger partial charge in [0.1, 0.15) is 0 Å². The molecule has 2 saturated heterocycles. The summed E-state index contributed by atoms with van der Waals surface area (Å²) in [6, 6.07) is 0. The molecule has 0 saturated carbocycles. The monoisotopic (exact) mass is 242 g/mol. The number of rotatable bonds is 4. The molecule has 0 spiro atoms. The average molecular weight is 242 g/mol. The first kappa shape index (κ1) is 13.0. The summed E-state index contributed by atoms with van der Waals surface area (Å²) < 4.78 is 16.2. The summed E-state index contributed by atoms with van der Waals surface area (Å²) >= 11 is 0. The molecular weight excluding hydrogens is 220 g/mol. The Morgan fingerprint density at radius 1 is 1.24 bits per heavy atom. The highest BCUT2D eigenvalue weighted by Gasteiger charge is 2.26. The van der Waals surface area contributed by atoms with Gasteiger partial charge in [0.2, 0.25) is 0 Å². The summed E-state index contributed by atoms with van der Waals surface area (Å²) in [5.74, 6) is 0. The Labute approximate surface area is 103 Å². The summed E-state index contributed by atoms with van der Waals surface area (Å²) in [5, 5.41) is 10.2. The zero-order chi connectivity index (χ0) is 12.0. The Balaban J connectivity index is 1.66. The van der Waals surface area contributed by atoms with Gasteiger partial charge in [-0.1, -0.05) is 12.2 Å². The third-order valence-corrected chi connectivity index (χ3v) is 3.30. The highest BCUT2D eigenvalue weighted by molar-refractivity contribution is 5.02. The van der Waals surface area contributed by atoms with Crippen LogP contribution in [0.1, 0.15) is 32.1 Å². The molecule has 0 aliphatic carbocycles. The number of ether oxygens (including phenoxy) is 3. The Morgan fingerprint density at radius 2 is 2.06 bits per heavy atom. The molecule has 4 nitrogen and oxygen atoms in total. The molecule has 98 valence electrons. The minimum absolute atomic E-state index is 0.0577. The van der Waals surface area contributed by atoms with Crippen LogP contribution in [0.15, 0.2) is 12.2 Å². The fourth-order valence-corrected chi connectivity index (χ4v) is 2.16. The SMILES string of the molecule is OC1(/C=C/COC2CCCCO2)CCOCC1. The molecule has 1 atom stereocenters. The van der Waals surface area contributed by atoms with Crippen LogP contribution >= 0.6 is 0 Å². The predicted molar refractivity (Wildman–Crippen MR) is 63.7 cm³/mol. The van der Waals surface area contributed by atoms with E-state index < -0.39 is 5.60 Å². The lowest BCUT2D eigenvalue weighted by molar-refractivity contribution is -0.155. The zero-order valence-corrected chi connectivity index (χ0v) is 10.3. The molecule has 1 unspecified atom stereocenters. The van der Waals surface area contributed by atoms with E-state index in [1.807, 2.05) is 12.2 Å². The number of hydrogen-bond donors (Lipinski definition) is 1. The van der Waals surface area contributed by atoms with Gasteiger partial charge in [-0.25, -0.2) is 0 Å². The summed E-state index contributed by atoms with van der Waals surface area (Å²) in [6.07, 6.45) is 8.31. The maximum Gasteiger partial charge on any atom is 0.157 e. The van der Waals surface area contributed by atoms with E-state index in [0.29, 0.717) is 32.7 Å². The standard InChI is InChI=1S/C13H22O4/c14-13(6-10-15-11-7-13)5-3-9-17-12-4-1-2-8-16-12/h3,5,12,14H,1-2,4,6-11H2/b5-3+. The maximum atomic E-state index is 10.2. The number of aliphatic hydroxyl groups is 1. The second-order valence-electron chi connectivity index (χ2n) is 4.75. The van der Waals surface area contributed by atoms with Crippen LogP contribution in [0.25, 0.3) is 0 Å². The molecule has 0 radical (unpaired) electrons. The van der Waals surface area contributed by atoms with Gasteiger partial charge in [-0.2, -0.15) is 0 Å². The quantitative estimate of drug-likeness (QED) is 0.761. The Kier molecular flexibility index (Phi) is 4.98. The van der Waals surface area contributed by atoms with Crippen molar-refractivity contribution in [3.8, 4) is 0 Å². The molecule has 4 heteroatoms. The molecule has 0 aromatic heterocycles. The first-order valence-electron chi connectivity index (χ1n) is 6.50. The first-order chi connectivity index (χ1) is 8.29. The average Bonchev–Trinajstić information content (AvgIpc) is 2.37. The van der Waals surface area contributed by atoms with Gasteiger partial charge in [0.05, 0.1) is 12.2 Å². The van der Waals surface area contributed by atoms with Gasteiger partial charge in [0.15, 0.2) is 6.29 Å². The van der Waals surface area contributed by atoms with E-state index >= 15 is 0 Å². The van der Waals surface area contributed by atoms with Crippen molar-refractivity contribution in [3.63, 3.8) is 0 Å². The Bertz CT molecular complexity index is 240. The fourth-order valence-electron chi connectivity index (χ4n) is 2.16. The van der Waals surface area contributed by atoms with Crippen LogP contribution in [-0.4, -0.2) is 43.4 Å². The normalized spacial score (nSPS) is 29.6. The molecule has 2 fully saturated rings. The lowest BCUT2D eigenvalue weighted by atomic mass is 9.94. The third kappa shape index (κ3) is 4.39. The summed E-state index contributed by atoms with van der Waals surface area (Å²) in [5.41, 5.74) is -0.699. The second-order valence-corrected chi connectivity index (χ2v) is 4.75. The minimum Gasteiger partial charge on any atom is -0.386 e. The number of hydrogen-bond acceptors (Lipinski definition) is 4. The molecule has 0 bridgehead atoms. The van der Waals surface area contributed by atoms with Crippen LogP contribution in [0.5, 0.6) is 0 Å². The van der Waals surface area contributed by atoms with Gasteiger partial charge < -0.3 is 19.3 Å². The smallest absolute Gasteiger partial charge is 0.157 e. The minimum atomic E-state index is -0.699. The third-order valence-electron chi connectivity index (χ3n) is 3.30.